The number of hydrogen-bond acceptors (Lipinski definition) is 3. The fourth-order valence-electron chi connectivity index (χ4n) is 1.09. The number of para-hydroxylation sites is 1. The van der Waals surface area contributed by atoms with Gasteiger partial charge in [0.05, 0.1) is 22.7 Å². The largest absolute Gasteiger partial charge is 0.382 e. The number of hydrogen-bond donors (Lipinski definition) is 1. The number of nitrogens with zero attached hydrogens (tertiary/aromatic N) is 2. The van der Waals surface area contributed by atoms with Crippen LogP contribution in [0.25, 0.3) is 0 Å². The van der Waals surface area contributed by atoms with Gasteiger partial charge in [-0.15, -0.1) is 0 Å². The van der Waals surface area contributed by atoms with E-state index >= 15 is 0 Å². The number of nitrogens with one attached hydrogen (secondary N) is 1. The summed E-state index contributed by atoms with van der Waals surface area (Å²) >= 11 is 0. The van der Waals surface area contributed by atoms with E-state index in [9.17, 15) is 0 Å². The van der Waals surface area contributed by atoms with Gasteiger partial charge in [0, 0.05) is 6.54 Å². The van der Waals surface area contributed by atoms with Gasteiger partial charge in [0.1, 0.15) is 6.07 Å². The lowest BCUT2D eigenvalue weighted by Gasteiger charge is -2.17. The Morgan fingerprint density at radius 3 is 2.53 bits per heavy atom. The second-order valence-electron chi connectivity index (χ2n) is 4.01. The summed E-state index contributed by atoms with van der Waals surface area (Å²) < 4.78 is 0. The molecule has 0 aromatic heterocycles. The second kappa shape index (κ2) is 4.48. The molecule has 1 aromatic rings. The standard InChI is InChI=1S/C12H13N3/c1-12(2,8-14)9-15-11-6-4-3-5-10(11)7-13/h3-6,15H,9H2,1-2H3. The van der Waals surface area contributed by atoms with Crippen molar-refractivity contribution < 1.29 is 0 Å². The van der Waals surface area contributed by atoms with Crippen LogP contribution in [0.1, 0.15) is 19.4 Å². The van der Waals surface area contributed by atoms with E-state index in [-0.39, 0.29) is 0 Å². The molecule has 0 saturated carbocycles. The minimum Gasteiger partial charge on any atom is -0.382 e. The summed E-state index contributed by atoms with van der Waals surface area (Å²) in [5.74, 6) is 0. The SMILES string of the molecule is CC(C)(C#N)CNc1ccccc1C#N. The van der Waals surface area contributed by atoms with Crippen LogP contribution in [0.2, 0.25) is 0 Å². The van der Waals surface area contributed by atoms with Crippen molar-refractivity contribution in [1.82, 2.24) is 0 Å². The smallest absolute Gasteiger partial charge is 0.101 e. The average Bonchev–Trinajstić information content (AvgIpc) is 2.27. The molecule has 0 aliphatic heterocycles. The third-order valence-corrected chi connectivity index (χ3v) is 2.07. The van der Waals surface area contributed by atoms with E-state index < -0.39 is 5.41 Å². The first-order valence-electron chi connectivity index (χ1n) is 4.73. The third-order valence-electron chi connectivity index (χ3n) is 2.07. The molecule has 0 amide bonds. The fourth-order valence-corrected chi connectivity index (χ4v) is 1.09. The molecule has 1 aromatic carbocycles. The molecule has 0 heterocycles. The summed E-state index contributed by atoms with van der Waals surface area (Å²) in [6.07, 6.45) is 0. The zero-order valence-electron chi connectivity index (χ0n) is 8.91. The molecule has 0 spiro atoms. The Labute approximate surface area is 90.0 Å². The lowest BCUT2D eigenvalue weighted by molar-refractivity contribution is 0.529. The number of benzene rings is 1. The molecule has 0 saturated heterocycles. The lowest BCUT2D eigenvalue weighted by Crippen LogP contribution is -2.21. The highest BCUT2D eigenvalue weighted by Crippen LogP contribution is 2.18. The highest BCUT2D eigenvalue weighted by Gasteiger charge is 2.16. The van der Waals surface area contributed by atoms with Gasteiger partial charge < -0.3 is 5.32 Å². The van der Waals surface area contributed by atoms with E-state index in [1.807, 2.05) is 32.0 Å². The third kappa shape index (κ3) is 3.00. The van der Waals surface area contributed by atoms with Crippen molar-refractivity contribution in [2.45, 2.75) is 13.8 Å². The van der Waals surface area contributed by atoms with Gasteiger partial charge in [0.25, 0.3) is 0 Å². The molecule has 0 unspecified atom stereocenters. The molecule has 76 valence electrons. The maximum atomic E-state index is 8.85. The van der Waals surface area contributed by atoms with Crippen LogP contribution in [0, 0.1) is 28.1 Å². The molecule has 0 radical (unpaired) electrons. The first-order valence-corrected chi connectivity index (χ1v) is 4.73. The Morgan fingerprint density at radius 1 is 1.27 bits per heavy atom. The molecule has 15 heavy (non-hydrogen) atoms. The highest BCUT2D eigenvalue weighted by atomic mass is 14.9. The summed E-state index contributed by atoms with van der Waals surface area (Å²) in [5.41, 5.74) is 0.956. The van der Waals surface area contributed by atoms with E-state index in [1.54, 1.807) is 6.07 Å². The van der Waals surface area contributed by atoms with E-state index in [2.05, 4.69) is 17.5 Å². The van der Waals surface area contributed by atoms with Crippen molar-refractivity contribution in [3.8, 4) is 12.1 Å². The Bertz CT molecular complexity index is 421. The molecule has 0 aliphatic rings. The minimum absolute atomic E-state index is 0.428. The predicted molar refractivity (Wildman–Crippen MR) is 59.0 cm³/mol. The van der Waals surface area contributed by atoms with Crippen molar-refractivity contribution in [1.29, 1.82) is 10.5 Å². The lowest BCUT2D eigenvalue weighted by atomic mass is 9.96. The van der Waals surface area contributed by atoms with Crippen LogP contribution < -0.4 is 5.32 Å². The first kappa shape index (κ1) is 11.1. The van der Waals surface area contributed by atoms with Gasteiger partial charge >= 0.3 is 0 Å². The van der Waals surface area contributed by atoms with Crippen molar-refractivity contribution in [2.24, 2.45) is 5.41 Å². The fraction of sp³-hybridized carbons (Fsp3) is 0.333. The monoisotopic (exact) mass is 199 g/mol. The molecular weight excluding hydrogens is 186 g/mol. The van der Waals surface area contributed by atoms with Crippen LogP contribution in [0.15, 0.2) is 24.3 Å². The molecular formula is C12H13N3. The molecule has 0 atom stereocenters. The Morgan fingerprint density at radius 2 is 1.93 bits per heavy atom. The van der Waals surface area contributed by atoms with Crippen LogP contribution in [0.3, 0.4) is 0 Å². The maximum absolute atomic E-state index is 8.85. The average molecular weight is 199 g/mol. The number of nitriles is 2. The molecule has 1 rings (SSSR count). The van der Waals surface area contributed by atoms with Crippen molar-refractivity contribution in [2.75, 3.05) is 11.9 Å². The molecule has 0 fully saturated rings. The first-order chi connectivity index (χ1) is 7.09. The van der Waals surface area contributed by atoms with Gasteiger partial charge in [-0.05, 0) is 26.0 Å². The van der Waals surface area contributed by atoms with Gasteiger partial charge in [-0.2, -0.15) is 10.5 Å². The zero-order chi connectivity index (χ0) is 11.3. The zero-order valence-corrected chi connectivity index (χ0v) is 8.91. The quantitative estimate of drug-likeness (QED) is 0.813. The summed E-state index contributed by atoms with van der Waals surface area (Å²) in [4.78, 5) is 0. The van der Waals surface area contributed by atoms with Gasteiger partial charge in [-0.25, -0.2) is 0 Å². The second-order valence-corrected chi connectivity index (χ2v) is 4.01. The Kier molecular flexibility index (Phi) is 3.31. The van der Waals surface area contributed by atoms with E-state index in [0.29, 0.717) is 12.1 Å². The van der Waals surface area contributed by atoms with E-state index in [0.717, 1.165) is 5.69 Å². The van der Waals surface area contributed by atoms with Crippen LogP contribution in [-0.4, -0.2) is 6.54 Å². The maximum Gasteiger partial charge on any atom is 0.101 e. The summed E-state index contributed by atoms with van der Waals surface area (Å²) in [7, 11) is 0. The van der Waals surface area contributed by atoms with Gasteiger partial charge in [-0.3, -0.25) is 0 Å². The van der Waals surface area contributed by atoms with Crippen molar-refractivity contribution in [3.05, 3.63) is 29.8 Å². The van der Waals surface area contributed by atoms with Crippen LogP contribution in [-0.2, 0) is 0 Å². The predicted octanol–water partition coefficient (Wildman–Crippen LogP) is 2.52. The highest BCUT2D eigenvalue weighted by molar-refractivity contribution is 5.57. The summed E-state index contributed by atoms with van der Waals surface area (Å²) in [6, 6.07) is 11.6. The van der Waals surface area contributed by atoms with E-state index in [1.165, 1.54) is 0 Å². The van der Waals surface area contributed by atoms with E-state index in [4.69, 9.17) is 10.5 Å². The van der Waals surface area contributed by atoms with Gasteiger partial charge in [-0.1, -0.05) is 12.1 Å². The van der Waals surface area contributed by atoms with Crippen molar-refractivity contribution in [3.63, 3.8) is 0 Å². The molecule has 3 heteroatoms. The molecule has 0 aliphatic carbocycles. The Hall–Kier alpha value is -2.00. The minimum atomic E-state index is -0.428. The van der Waals surface area contributed by atoms with Crippen molar-refractivity contribution >= 4 is 5.69 Å². The number of rotatable bonds is 3. The molecule has 0 bridgehead atoms. The Balaban J connectivity index is 2.76. The van der Waals surface area contributed by atoms with Gasteiger partial charge in [0.15, 0.2) is 0 Å². The molecule has 1 N–H and O–H groups in total. The number of anilines is 1. The summed E-state index contributed by atoms with van der Waals surface area (Å²) in [6.45, 7) is 4.24. The van der Waals surface area contributed by atoms with Crippen LogP contribution in [0.5, 0.6) is 0 Å². The van der Waals surface area contributed by atoms with Crippen LogP contribution in [0.4, 0.5) is 5.69 Å². The van der Waals surface area contributed by atoms with Gasteiger partial charge in [0.2, 0.25) is 0 Å². The van der Waals surface area contributed by atoms with Crippen LogP contribution >= 0.6 is 0 Å². The molecule has 3 nitrogen and oxygen atoms in total. The normalized spacial score (nSPS) is 10.1. The summed E-state index contributed by atoms with van der Waals surface area (Å²) in [5, 5.41) is 20.8. The topological polar surface area (TPSA) is 59.6 Å².